The molecule has 0 saturated carbocycles. The molecule has 222 valence electrons. The Morgan fingerprint density at radius 3 is 2.45 bits per heavy atom. The van der Waals surface area contributed by atoms with Crippen molar-refractivity contribution in [1.82, 2.24) is 29.7 Å². The molecule has 0 bridgehead atoms. The topological polar surface area (TPSA) is 109 Å². The largest absolute Gasteiger partial charge is 0.507 e. The number of aromatic hydroxyl groups is 1. The van der Waals surface area contributed by atoms with Gasteiger partial charge in [0.05, 0.1) is 16.9 Å². The molecule has 44 heavy (non-hydrogen) atoms. The predicted octanol–water partition coefficient (Wildman–Crippen LogP) is 7.37. The van der Waals surface area contributed by atoms with E-state index < -0.39 is 0 Å². The Hall–Kier alpha value is -5.09. The minimum absolute atomic E-state index is 0.145. The lowest BCUT2D eigenvalue weighted by Crippen LogP contribution is -2.29. The second kappa shape index (κ2) is 11.9. The van der Waals surface area contributed by atoms with Crippen molar-refractivity contribution in [2.24, 2.45) is 0 Å². The van der Waals surface area contributed by atoms with Gasteiger partial charge in [0.2, 0.25) is 0 Å². The molecule has 3 N–H and O–H groups in total. The lowest BCUT2D eigenvalue weighted by Gasteiger charge is -2.14. The van der Waals surface area contributed by atoms with Crippen LogP contribution in [0.3, 0.4) is 0 Å². The number of anilines is 1. The average Bonchev–Trinajstić information content (AvgIpc) is 3.62. The number of nitrogens with zero attached hydrogens (tertiary/aromatic N) is 5. The van der Waals surface area contributed by atoms with Gasteiger partial charge < -0.3 is 10.4 Å². The summed E-state index contributed by atoms with van der Waals surface area (Å²) < 4.78 is 3.64. The maximum absolute atomic E-state index is 13.2. The number of phenols is 1. The van der Waals surface area contributed by atoms with E-state index in [1.54, 1.807) is 28.6 Å². The molecule has 0 atom stereocenters. The van der Waals surface area contributed by atoms with Crippen LogP contribution in [0, 0.1) is 6.92 Å². The quantitative estimate of drug-likeness (QED) is 0.176. The molecule has 3 aromatic heterocycles. The fourth-order valence-corrected chi connectivity index (χ4v) is 5.68. The molecule has 10 heteroatoms. The van der Waals surface area contributed by atoms with Crippen molar-refractivity contribution >= 4 is 29.3 Å². The highest BCUT2D eigenvalue weighted by Gasteiger charge is 2.22. The van der Waals surface area contributed by atoms with E-state index in [0.29, 0.717) is 29.4 Å². The Kier molecular flexibility index (Phi) is 7.84. The van der Waals surface area contributed by atoms with E-state index in [2.05, 4.69) is 41.6 Å². The molecule has 6 rings (SSSR count). The highest BCUT2D eigenvalue weighted by molar-refractivity contribution is 7.99. The number of urea groups is 1. The van der Waals surface area contributed by atoms with E-state index in [0.717, 1.165) is 32.3 Å². The number of amides is 2. The van der Waals surface area contributed by atoms with Crippen molar-refractivity contribution in [3.8, 4) is 22.8 Å². The number of benzene rings is 3. The minimum Gasteiger partial charge on any atom is -0.507 e. The lowest BCUT2D eigenvalue weighted by molar-refractivity contribution is 0.251. The van der Waals surface area contributed by atoms with E-state index in [1.807, 2.05) is 96.4 Å². The molecule has 2 amide bonds. The van der Waals surface area contributed by atoms with Crippen LogP contribution in [0.5, 0.6) is 5.75 Å². The Morgan fingerprint density at radius 1 is 0.932 bits per heavy atom. The number of carbonyl (C=O) groups is 1. The number of nitrogens with one attached hydrogen (secondary N) is 2. The van der Waals surface area contributed by atoms with Crippen LogP contribution in [0.15, 0.2) is 107 Å². The van der Waals surface area contributed by atoms with Crippen LogP contribution < -0.4 is 10.6 Å². The van der Waals surface area contributed by atoms with Gasteiger partial charge in [-0.25, -0.2) is 9.48 Å². The summed E-state index contributed by atoms with van der Waals surface area (Å²) in [4.78, 5) is 15.1. The summed E-state index contributed by atoms with van der Waals surface area (Å²) in [5, 5.41) is 29.8. The first-order valence-corrected chi connectivity index (χ1v) is 15.1. The van der Waals surface area contributed by atoms with Crippen molar-refractivity contribution < 1.29 is 9.90 Å². The second-order valence-electron chi connectivity index (χ2n) is 11.6. The van der Waals surface area contributed by atoms with Gasteiger partial charge in [0.25, 0.3) is 0 Å². The summed E-state index contributed by atoms with van der Waals surface area (Å²) in [6.45, 7) is 8.66. The number of hydrogen-bond acceptors (Lipinski definition) is 6. The number of aromatic nitrogens is 5. The van der Waals surface area contributed by atoms with Crippen LogP contribution in [-0.2, 0) is 12.0 Å². The molecule has 0 saturated heterocycles. The molecule has 0 fully saturated rings. The Bertz CT molecular complexity index is 1960. The van der Waals surface area contributed by atoms with Crippen LogP contribution in [0.4, 0.5) is 10.6 Å². The summed E-state index contributed by atoms with van der Waals surface area (Å²) in [6.07, 6.45) is 1.96. The summed E-state index contributed by atoms with van der Waals surface area (Å²) >= 11 is 1.58. The Balaban J connectivity index is 1.19. The van der Waals surface area contributed by atoms with Gasteiger partial charge in [0, 0.05) is 34.0 Å². The summed E-state index contributed by atoms with van der Waals surface area (Å²) in [7, 11) is 0. The van der Waals surface area contributed by atoms with Crippen molar-refractivity contribution in [2.75, 3.05) is 5.32 Å². The van der Waals surface area contributed by atoms with Crippen LogP contribution >= 0.6 is 11.8 Å². The summed E-state index contributed by atoms with van der Waals surface area (Å²) in [5.74, 6) is 1.30. The van der Waals surface area contributed by atoms with E-state index in [4.69, 9.17) is 5.10 Å². The third-order valence-corrected chi connectivity index (χ3v) is 8.25. The third kappa shape index (κ3) is 6.16. The number of hydrogen-bond donors (Lipinski definition) is 3. The normalized spacial score (nSPS) is 11.5. The smallest absolute Gasteiger partial charge is 0.320 e. The number of aryl methyl sites for hydroxylation is 1. The molecular weight excluding hydrogens is 570 g/mol. The van der Waals surface area contributed by atoms with Gasteiger partial charge in [-0.1, -0.05) is 80.6 Å². The van der Waals surface area contributed by atoms with Gasteiger partial charge in [0.1, 0.15) is 11.6 Å². The van der Waals surface area contributed by atoms with Gasteiger partial charge in [0.15, 0.2) is 11.5 Å². The molecule has 3 aromatic carbocycles. The first kappa shape index (κ1) is 29.0. The Labute approximate surface area is 260 Å². The van der Waals surface area contributed by atoms with Crippen molar-refractivity contribution in [3.05, 3.63) is 114 Å². The number of pyridine rings is 1. The van der Waals surface area contributed by atoms with Crippen LogP contribution in [0.2, 0.25) is 0 Å². The summed E-state index contributed by atoms with van der Waals surface area (Å²) in [5.41, 5.74) is 4.98. The highest BCUT2D eigenvalue weighted by Crippen LogP contribution is 2.33. The molecule has 0 unspecified atom stereocenters. The Morgan fingerprint density at radius 2 is 1.68 bits per heavy atom. The van der Waals surface area contributed by atoms with Gasteiger partial charge in [-0.15, -0.1) is 10.2 Å². The summed E-state index contributed by atoms with van der Waals surface area (Å²) in [6, 6.07) is 28.6. The van der Waals surface area contributed by atoms with Crippen molar-refractivity contribution in [2.45, 2.75) is 49.4 Å². The first-order valence-electron chi connectivity index (χ1n) is 14.3. The van der Waals surface area contributed by atoms with Gasteiger partial charge in [-0.2, -0.15) is 5.10 Å². The van der Waals surface area contributed by atoms with Gasteiger partial charge >= 0.3 is 6.03 Å². The number of para-hydroxylation sites is 1. The van der Waals surface area contributed by atoms with Crippen LogP contribution in [0.25, 0.3) is 22.7 Å². The molecule has 0 spiro atoms. The molecule has 0 aliphatic rings. The minimum atomic E-state index is -0.322. The monoisotopic (exact) mass is 603 g/mol. The zero-order valence-electron chi connectivity index (χ0n) is 24.9. The maximum atomic E-state index is 13.2. The zero-order valence-corrected chi connectivity index (χ0v) is 25.8. The number of phenolic OH excluding ortho intramolecular Hbond substituents is 1. The first-order chi connectivity index (χ1) is 21.2. The fourth-order valence-electron chi connectivity index (χ4n) is 4.71. The predicted molar refractivity (Wildman–Crippen MR) is 174 cm³/mol. The lowest BCUT2D eigenvalue weighted by atomic mass is 9.92. The molecule has 6 aromatic rings. The molecule has 9 nitrogen and oxygen atoms in total. The molecule has 3 heterocycles. The van der Waals surface area contributed by atoms with Crippen molar-refractivity contribution in [3.63, 3.8) is 0 Å². The van der Waals surface area contributed by atoms with E-state index >= 15 is 0 Å². The van der Waals surface area contributed by atoms with Crippen LogP contribution in [0.1, 0.15) is 37.6 Å². The molecule has 0 aliphatic heterocycles. The third-order valence-electron chi connectivity index (χ3n) is 7.16. The van der Waals surface area contributed by atoms with Gasteiger partial charge in [-0.3, -0.25) is 9.72 Å². The van der Waals surface area contributed by atoms with Crippen LogP contribution in [-0.4, -0.2) is 35.5 Å². The number of rotatable bonds is 7. The van der Waals surface area contributed by atoms with E-state index in [9.17, 15) is 9.90 Å². The zero-order chi connectivity index (χ0) is 30.8. The van der Waals surface area contributed by atoms with E-state index in [-0.39, 0.29) is 17.2 Å². The van der Waals surface area contributed by atoms with Gasteiger partial charge in [-0.05, 0) is 55.0 Å². The maximum Gasteiger partial charge on any atom is 0.320 e. The molecule has 0 radical (unpaired) electrons. The SMILES string of the molecule is Cc1ccc(-n2nc(C(C)(C)C)cc2NC(=O)NCc2ccccc2Sc2ccc3nnc(-c4ccccc4O)n3c2)cc1. The van der Waals surface area contributed by atoms with Crippen molar-refractivity contribution in [1.29, 1.82) is 0 Å². The standard InChI is InChI=1S/C34H33N7O2S/c1-22-13-15-24(16-14-22)41-31(19-29(39-41)34(2,3)4)36-33(43)35-20-23-9-5-8-12-28(23)44-25-17-18-30-37-38-32(40(30)21-25)26-10-6-7-11-27(26)42/h5-19,21,42H,20H2,1-4H3,(H2,35,36,43). The number of carbonyl (C=O) groups excluding carboxylic acids is 1. The number of fused-ring (bicyclic) bond motifs is 1. The average molecular weight is 604 g/mol. The molecular formula is C34H33N7O2S. The molecule has 0 aliphatic carbocycles. The van der Waals surface area contributed by atoms with E-state index in [1.165, 1.54) is 0 Å². The second-order valence-corrected chi connectivity index (χ2v) is 12.7. The fraction of sp³-hybridized carbons (Fsp3) is 0.176. The highest BCUT2D eigenvalue weighted by atomic mass is 32.2.